The van der Waals surface area contributed by atoms with Crippen molar-refractivity contribution in [3.05, 3.63) is 52.5 Å². The molecule has 2 aliphatic heterocycles. The number of rotatable bonds is 2. The van der Waals surface area contributed by atoms with Crippen LogP contribution >= 0.6 is 11.6 Å². The van der Waals surface area contributed by atoms with E-state index in [0.29, 0.717) is 37.6 Å². The molecule has 0 unspecified atom stereocenters. The summed E-state index contributed by atoms with van der Waals surface area (Å²) in [6.45, 7) is 4.13. The van der Waals surface area contributed by atoms with Gasteiger partial charge in [-0.2, -0.15) is 0 Å². The Balaban J connectivity index is 1.34. The largest absolute Gasteiger partial charge is 0.426 e. The molecule has 1 N–H and O–H groups in total. The lowest BCUT2D eigenvalue weighted by Gasteiger charge is -2.36. The second-order valence-electron chi connectivity index (χ2n) is 7.14. The third-order valence-electron chi connectivity index (χ3n) is 5.15. The molecule has 2 heterocycles. The fourth-order valence-electron chi connectivity index (χ4n) is 3.51. The van der Waals surface area contributed by atoms with Gasteiger partial charge < -0.3 is 19.9 Å². The second kappa shape index (κ2) is 7.75. The first-order chi connectivity index (χ1) is 13.9. The van der Waals surface area contributed by atoms with Crippen LogP contribution in [-0.2, 0) is 20.8 Å². The number of carbonyl (C=O) groups excluding carboxylic acids is 3. The standard InChI is InChI=1S/C21H20ClN3O4/c1-13-10-16(4-5-17(13)22)24-6-8-25(9-7-24)21(28)20(27)23-15-3-2-14-11-19(26)29-18(14)12-15/h2-5,10,12H,6-9,11H2,1H3,(H,23,27). The fraction of sp³-hybridized carbons (Fsp3) is 0.286. The van der Waals surface area contributed by atoms with Crippen LogP contribution in [0, 0.1) is 6.92 Å². The maximum Gasteiger partial charge on any atom is 0.315 e. The van der Waals surface area contributed by atoms with Crippen LogP contribution in [-0.4, -0.2) is 48.9 Å². The summed E-state index contributed by atoms with van der Waals surface area (Å²) >= 11 is 6.08. The molecule has 1 saturated heterocycles. The fourth-order valence-corrected chi connectivity index (χ4v) is 3.63. The number of nitrogens with one attached hydrogen (secondary N) is 1. The molecule has 0 bridgehead atoms. The van der Waals surface area contributed by atoms with E-state index in [4.69, 9.17) is 16.3 Å². The number of fused-ring (bicyclic) bond motifs is 1. The van der Waals surface area contributed by atoms with Crippen LogP contribution < -0.4 is 15.0 Å². The quantitative estimate of drug-likeness (QED) is 0.464. The molecular formula is C21H20ClN3O4. The van der Waals surface area contributed by atoms with Crippen LogP contribution in [0.3, 0.4) is 0 Å². The van der Waals surface area contributed by atoms with Gasteiger partial charge in [-0.05, 0) is 36.8 Å². The molecule has 0 spiro atoms. The van der Waals surface area contributed by atoms with Gasteiger partial charge in [-0.15, -0.1) is 0 Å². The zero-order valence-corrected chi connectivity index (χ0v) is 16.7. The van der Waals surface area contributed by atoms with Gasteiger partial charge in [-0.1, -0.05) is 17.7 Å². The van der Waals surface area contributed by atoms with E-state index in [9.17, 15) is 14.4 Å². The number of halogens is 1. The van der Waals surface area contributed by atoms with Crippen molar-refractivity contribution < 1.29 is 19.1 Å². The molecule has 0 saturated carbocycles. The monoisotopic (exact) mass is 413 g/mol. The molecule has 0 radical (unpaired) electrons. The maximum absolute atomic E-state index is 12.5. The number of aryl methyl sites for hydroxylation is 1. The molecule has 8 heteroatoms. The van der Waals surface area contributed by atoms with Gasteiger partial charge in [0.15, 0.2) is 0 Å². The van der Waals surface area contributed by atoms with Crippen molar-refractivity contribution >= 4 is 40.8 Å². The van der Waals surface area contributed by atoms with E-state index in [-0.39, 0.29) is 12.4 Å². The molecule has 150 valence electrons. The number of esters is 1. The average Bonchev–Trinajstić information content (AvgIpc) is 3.09. The van der Waals surface area contributed by atoms with Gasteiger partial charge in [0, 0.05) is 54.2 Å². The van der Waals surface area contributed by atoms with E-state index >= 15 is 0 Å². The first-order valence-corrected chi connectivity index (χ1v) is 9.73. The molecule has 2 aromatic carbocycles. The van der Waals surface area contributed by atoms with Crippen LogP contribution in [0.15, 0.2) is 36.4 Å². The Labute approximate surface area is 173 Å². The Kier molecular flexibility index (Phi) is 5.15. The number of ether oxygens (including phenoxy) is 1. The predicted octanol–water partition coefficient (Wildman–Crippen LogP) is 2.40. The lowest BCUT2D eigenvalue weighted by Crippen LogP contribution is -2.51. The molecule has 2 amide bonds. The van der Waals surface area contributed by atoms with Gasteiger partial charge in [-0.25, -0.2) is 0 Å². The third kappa shape index (κ3) is 4.05. The van der Waals surface area contributed by atoms with Crippen molar-refractivity contribution in [1.29, 1.82) is 0 Å². The highest BCUT2D eigenvalue weighted by molar-refractivity contribution is 6.39. The van der Waals surface area contributed by atoms with Crippen LogP contribution in [0.4, 0.5) is 11.4 Å². The molecule has 0 aromatic heterocycles. The number of benzene rings is 2. The average molecular weight is 414 g/mol. The van der Waals surface area contributed by atoms with Gasteiger partial charge in [-0.3, -0.25) is 14.4 Å². The van der Waals surface area contributed by atoms with E-state index in [1.165, 1.54) is 0 Å². The van der Waals surface area contributed by atoms with E-state index in [0.717, 1.165) is 21.8 Å². The number of nitrogens with zero attached hydrogens (tertiary/aromatic N) is 2. The first kappa shape index (κ1) is 19.3. The predicted molar refractivity (Wildman–Crippen MR) is 109 cm³/mol. The Hall–Kier alpha value is -3.06. The van der Waals surface area contributed by atoms with Gasteiger partial charge in [0.25, 0.3) is 0 Å². The van der Waals surface area contributed by atoms with Gasteiger partial charge in [0.05, 0.1) is 6.42 Å². The SMILES string of the molecule is Cc1cc(N2CCN(C(=O)C(=O)Nc3ccc4c(c3)OC(=O)C4)CC2)ccc1Cl. The lowest BCUT2D eigenvalue weighted by atomic mass is 10.1. The molecule has 2 aliphatic rings. The maximum atomic E-state index is 12.5. The summed E-state index contributed by atoms with van der Waals surface area (Å²) < 4.78 is 5.08. The van der Waals surface area contributed by atoms with Crippen molar-refractivity contribution in [1.82, 2.24) is 4.90 Å². The van der Waals surface area contributed by atoms with Crippen molar-refractivity contribution in [2.75, 3.05) is 36.4 Å². The summed E-state index contributed by atoms with van der Waals surface area (Å²) in [5, 5.41) is 3.31. The molecule has 0 aliphatic carbocycles. The smallest absolute Gasteiger partial charge is 0.315 e. The van der Waals surface area contributed by atoms with Crippen LogP contribution in [0.5, 0.6) is 5.75 Å². The van der Waals surface area contributed by atoms with Crippen LogP contribution in [0.1, 0.15) is 11.1 Å². The van der Waals surface area contributed by atoms with Gasteiger partial charge in [0.2, 0.25) is 0 Å². The Bertz CT molecular complexity index is 999. The summed E-state index contributed by atoms with van der Waals surface area (Å²) in [6, 6.07) is 10.8. The molecule has 2 aromatic rings. The Morgan fingerprint density at radius 3 is 2.55 bits per heavy atom. The summed E-state index contributed by atoms with van der Waals surface area (Å²) in [5.41, 5.74) is 3.25. The molecule has 0 atom stereocenters. The van der Waals surface area contributed by atoms with Crippen molar-refractivity contribution in [3.63, 3.8) is 0 Å². The second-order valence-corrected chi connectivity index (χ2v) is 7.55. The summed E-state index contributed by atoms with van der Waals surface area (Å²) in [6.07, 6.45) is 0.222. The lowest BCUT2D eigenvalue weighted by molar-refractivity contribution is -0.143. The first-order valence-electron chi connectivity index (χ1n) is 9.35. The topological polar surface area (TPSA) is 79.0 Å². The Morgan fingerprint density at radius 1 is 1.07 bits per heavy atom. The van der Waals surface area contributed by atoms with Crippen LogP contribution in [0.25, 0.3) is 0 Å². The number of piperazine rings is 1. The van der Waals surface area contributed by atoms with Crippen LogP contribution in [0.2, 0.25) is 5.02 Å². The summed E-state index contributed by atoms with van der Waals surface area (Å²) in [7, 11) is 0. The minimum atomic E-state index is -0.704. The zero-order valence-electron chi connectivity index (χ0n) is 15.9. The zero-order chi connectivity index (χ0) is 20.5. The number of carbonyl (C=O) groups is 3. The van der Waals surface area contributed by atoms with Crippen molar-refractivity contribution in [2.24, 2.45) is 0 Å². The molecule has 1 fully saturated rings. The number of amides is 2. The van der Waals surface area contributed by atoms with E-state index in [1.807, 2.05) is 25.1 Å². The highest BCUT2D eigenvalue weighted by atomic mass is 35.5. The van der Waals surface area contributed by atoms with Gasteiger partial charge in [0.1, 0.15) is 5.75 Å². The highest BCUT2D eigenvalue weighted by Gasteiger charge is 2.27. The van der Waals surface area contributed by atoms with Crippen molar-refractivity contribution in [2.45, 2.75) is 13.3 Å². The third-order valence-corrected chi connectivity index (χ3v) is 5.58. The molecular weight excluding hydrogens is 394 g/mol. The minimum Gasteiger partial charge on any atom is -0.426 e. The summed E-state index contributed by atoms with van der Waals surface area (Å²) in [4.78, 5) is 39.9. The number of hydrogen-bond donors (Lipinski definition) is 1. The Morgan fingerprint density at radius 2 is 1.83 bits per heavy atom. The van der Waals surface area contributed by atoms with Gasteiger partial charge >= 0.3 is 17.8 Å². The van der Waals surface area contributed by atoms with E-state index in [1.54, 1.807) is 23.1 Å². The number of anilines is 2. The molecule has 29 heavy (non-hydrogen) atoms. The summed E-state index contributed by atoms with van der Waals surface area (Å²) in [5.74, 6) is -1.18. The molecule has 4 rings (SSSR count). The van der Waals surface area contributed by atoms with E-state index < -0.39 is 11.8 Å². The normalized spacial score (nSPS) is 15.7. The van der Waals surface area contributed by atoms with Crippen molar-refractivity contribution in [3.8, 4) is 5.75 Å². The van der Waals surface area contributed by atoms with E-state index in [2.05, 4.69) is 10.2 Å². The molecule has 7 nitrogen and oxygen atoms in total. The number of hydrogen-bond acceptors (Lipinski definition) is 5. The highest BCUT2D eigenvalue weighted by Crippen LogP contribution is 2.29. The minimum absolute atomic E-state index is 0.222.